The van der Waals surface area contributed by atoms with E-state index in [4.69, 9.17) is 14.4 Å². The van der Waals surface area contributed by atoms with Crippen LogP contribution < -0.4 is 0 Å². The molecule has 0 aliphatic rings. The minimum atomic E-state index is 0.597. The Bertz CT molecular complexity index is 2170. The van der Waals surface area contributed by atoms with Gasteiger partial charge >= 0.3 is 0 Å². The van der Waals surface area contributed by atoms with Gasteiger partial charge in [-0.2, -0.15) is 4.98 Å². The molecule has 0 fully saturated rings. The first kappa shape index (κ1) is 21.8. The van der Waals surface area contributed by atoms with Crippen molar-refractivity contribution in [2.45, 2.75) is 0 Å². The molecule has 2 aromatic heterocycles. The Balaban J connectivity index is 1.47. The molecule has 0 spiro atoms. The van der Waals surface area contributed by atoms with Gasteiger partial charge in [-0.25, -0.2) is 4.98 Å². The zero-order valence-electron chi connectivity index (χ0n) is 21.0. The smallest absolute Gasteiger partial charge is 0.231 e. The molecule has 3 heteroatoms. The van der Waals surface area contributed by atoms with Crippen LogP contribution in [0.3, 0.4) is 0 Å². The van der Waals surface area contributed by atoms with Gasteiger partial charge in [0.1, 0.15) is 5.58 Å². The molecule has 0 radical (unpaired) electrons. The number of furan rings is 1. The van der Waals surface area contributed by atoms with Crippen LogP contribution in [-0.2, 0) is 0 Å². The molecule has 0 saturated heterocycles. The summed E-state index contributed by atoms with van der Waals surface area (Å²) in [5, 5.41) is 6.44. The fourth-order valence-corrected chi connectivity index (χ4v) is 5.63. The standard InChI is InChI=1S/C36H22N2O/c1-2-10-23(11-3-1)26-15-8-16-27(22-26)33-32-31-21-20-25-13-5-7-18-29(25)34(31)39-36(32)38-35(37-33)30-19-9-14-24-12-4-6-17-28(24)30/h1-22H. The summed E-state index contributed by atoms with van der Waals surface area (Å²) in [6.07, 6.45) is 0. The van der Waals surface area contributed by atoms with E-state index in [1.807, 2.05) is 12.1 Å². The van der Waals surface area contributed by atoms with Crippen LogP contribution in [0.5, 0.6) is 0 Å². The van der Waals surface area contributed by atoms with E-state index in [1.165, 1.54) is 5.56 Å². The summed E-state index contributed by atoms with van der Waals surface area (Å²) < 4.78 is 6.57. The van der Waals surface area contributed by atoms with Crippen molar-refractivity contribution in [1.29, 1.82) is 0 Å². The summed E-state index contributed by atoms with van der Waals surface area (Å²) in [6.45, 7) is 0. The van der Waals surface area contributed by atoms with E-state index in [9.17, 15) is 0 Å². The lowest BCUT2D eigenvalue weighted by atomic mass is 9.98. The maximum absolute atomic E-state index is 6.57. The Kier molecular flexibility index (Phi) is 4.82. The van der Waals surface area contributed by atoms with Gasteiger partial charge in [0.15, 0.2) is 5.82 Å². The number of nitrogens with zero attached hydrogens (tertiary/aromatic N) is 2. The molecule has 182 valence electrons. The Hall–Kier alpha value is -5.28. The summed E-state index contributed by atoms with van der Waals surface area (Å²) in [7, 11) is 0. The first-order valence-corrected chi connectivity index (χ1v) is 13.1. The highest BCUT2D eigenvalue weighted by Crippen LogP contribution is 2.40. The fraction of sp³-hybridized carbons (Fsp3) is 0. The molecule has 0 unspecified atom stereocenters. The van der Waals surface area contributed by atoms with E-state index in [0.717, 1.165) is 60.3 Å². The number of rotatable bonds is 3. The van der Waals surface area contributed by atoms with Crippen LogP contribution in [-0.4, -0.2) is 9.97 Å². The zero-order chi connectivity index (χ0) is 25.8. The summed E-state index contributed by atoms with van der Waals surface area (Å²) in [5.41, 5.74) is 6.63. The monoisotopic (exact) mass is 498 g/mol. The second-order valence-corrected chi connectivity index (χ2v) is 9.81. The van der Waals surface area contributed by atoms with Crippen LogP contribution in [0.25, 0.3) is 77.4 Å². The van der Waals surface area contributed by atoms with E-state index < -0.39 is 0 Å². The van der Waals surface area contributed by atoms with Gasteiger partial charge < -0.3 is 4.42 Å². The molecule has 2 heterocycles. The van der Waals surface area contributed by atoms with E-state index in [1.54, 1.807) is 0 Å². The Morgan fingerprint density at radius 2 is 1.13 bits per heavy atom. The number of fused-ring (bicyclic) bond motifs is 6. The molecule has 0 bridgehead atoms. The first-order valence-electron chi connectivity index (χ1n) is 13.1. The highest BCUT2D eigenvalue weighted by atomic mass is 16.3. The fourth-order valence-electron chi connectivity index (χ4n) is 5.63. The quantitative estimate of drug-likeness (QED) is 0.243. The topological polar surface area (TPSA) is 38.9 Å². The van der Waals surface area contributed by atoms with Crippen molar-refractivity contribution in [3.63, 3.8) is 0 Å². The SMILES string of the molecule is c1ccc(-c2cccc(-c3nc(-c4cccc5ccccc45)nc4oc5c6ccccc6ccc5c34)c2)cc1. The molecule has 3 nitrogen and oxygen atoms in total. The second-order valence-electron chi connectivity index (χ2n) is 9.81. The molecule has 39 heavy (non-hydrogen) atoms. The summed E-state index contributed by atoms with van der Waals surface area (Å²) in [6, 6.07) is 46.3. The van der Waals surface area contributed by atoms with Gasteiger partial charge in [-0.1, -0.05) is 121 Å². The van der Waals surface area contributed by atoms with E-state index in [2.05, 4.69) is 121 Å². The molecule has 0 N–H and O–H groups in total. The van der Waals surface area contributed by atoms with Gasteiger partial charge in [0.25, 0.3) is 0 Å². The Labute approximate surface area is 225 Å². The van der Waals surface area contributed by atoms with Crippen molar-refractivity contribution in [2.75, 3.05) is 0 Å². The molecular weight excluding hydrogens is 476 g/mol. The third-order valence-electron chi connectivity index (χ3n) is 7.50. The van der Waals surface area contributed by atoms with Gasteiger partial charge in [-0.05, 0) is 39.4 Å². The van der Waals surface area contributed by atoms with Crippen molar-refractivity contribution in [2.24, 2.45) is 0 Å². The first-order chi connectivity index (χ1) is 19.3. The van der Waals surface area contributed by atoms with Crippen LogP contribution in [0.4, 0.5) is 0 Å². The summed E-state index contributed by atoms with van der Waals surface area (Å²) in [4.78, 5) is 10.3. The van der Waals surface area contributed by atoms with Crippen molar-refractivity contribution in [1.82, 2.24) is 9.97 Å². The number of benzene rings is 6. The highest BCUT2D eigenvalue weighted by molar-refractivity contribution is 6.18. The van der Waals surface area contributed by atoms with Gasteiger partial charge in [0, 0.05) is 21.9 Å². The molecule has 0 aliphatic carbocycles. The van der Waals surface area contributed by atoms with Gasteiger partial charge in [0.2, 0.25) is 5.71 Å². The molecule has 8 aromatic rings. The van der Waals surface area contributed by atoms with Gasteiger partial charge in [-0.15, -0.1) is 0 Å². The maximum Gasteiger partial charge on any atom is 0.231 e. The van der Waals surface area contributed by atoms with Crippen LogP contribution >= 0.6 is 0 Å². The summed E-state index contributed by atoms with van der Waals surface area (Å²) in [5.74, 6) is 0.655. The van der Waals surface area contributed by atoms with Crippen LogP contribution in [0.15, 0.2) is 138 Å². The minimum absolute atomic E-state index is 0.597. The van der Waals surface area contributed by atoms with Crippen LogP contribution in [0, 0.1) is 0 Å². The molecule has 8 rings (SSSR count). The highest BCUT2D eigenvalue weighted by Gasteiger charge is 2.20. The largest absolute Gasteiger partial charge is 0.437 e. The van der Waals surface area contributed by atoms with E-state index in [-0.39, 0.29) is 0 Å². The predicted molar refractivity (Wildman–Crippen MR) is 161 cm³/mol. The average molecular weight is 499 g/mol. The molecule has 0 atom stereocenters. The van der Waals surface area contributed by atoms with E-state index >= 15 is 0 Å². The van der Waals surface area contributed by atoms with Crippen molar-refractivity contribution >= 4 is 43.6 Å². The number of aromatic nitrogens is 2. The third-order valence-corrected chi connectivity index (χ3v) is 7.50. The van der Waals surface area contributed by atoms with E-state index in [0.29, 0.717) is 11.5 Å². The van der Waals surface area contributed by atoms with Crippen LogP contribution in [0.1, 0.15) is 0 Å². The summed E-state index contributed by atoms with van der Waals surface area (Å²) >= 11 is 0. The lowest BCUT2D eigenvalue weighted by Crippen LogP contribution is -1.95. The predicted octanol–water partition coefficient (Wildman–Crippen LogP) is 9.68. The number of hydrogen-bond donors (Lipinski definition) is 0. The van der Waals surface area contributed by atoms with Crippen molar-refractivity contribution < 1.29 is 4.42 Å². The Morgan fingerprint density at radius 1 is 0.462 bits per heavy atom. The molecule has 0 aliphatic heterocycles. The number of hydrogen-bond acceptors (Lipinski definition) is 3. The molecule has 0 saturated carbocycles. The third kappa shape index (κ3) is 3.52. The zero-order valence-corrected chi connectivity index (χ0v) is 21.0. The van der Waals surface area contributed by atoms with Crippen molar-refractivity contribution in [3.05, 3.63) is 133 Å². The average Bonchev–Trinajstić information content (AvgIpc) is 3.40. The van der Waals surface area contributed by atoms with Crippen molar-refractivity contribution in [3.8, 4) is 33.8 Å². The minimum Gasteiger partial charge on any atom is -0.437 e. The molecule has 0 amide bonds. The van der Waals surface area contributed by atoms with Gasteiger partial charge in [0.05, 0.1) is 11.1 Å². The van der Waals surface area contributed by atoms with Gasteiger partial charge in [-0.3, -0.25) is 0 Å². The maximum atomic E-state index is 6.57. The lowest BCUT2D eigenvalue weighted by Gasteiger charge is -2.10. The molecular formula is C36H22N2O. The van der Waals surface area contributed by atoms with Crippen LogP contribution in [0.2, 0.25) is 0 Å². The molecule has 6 aromatic carbocycles. The lowest BCUT2D eigenvalue weighted by molar-refractivity contribution is 0.657. The Morgan fingerprint density at radius 3 is 2.00 bits per heavy atom. The normalized spacial score (nSPS) is 11.6. The second kappa shape index (κ2) is 8.64.